The Hall–Kier alpha value is -0.970. The van der Waals surface area contributed by atoms with Gasteiger partial charge in [-0.2, -0.15) is 0 Å². The van der Waals surface area contributed by atoms with Crippen LogP contribution >= 0.6 is 34.0 Å². The Labute approximate surface area is 231 Å². The van der Waals surface area contributed by atoms with Crippen molar-refractivity contribution < 1.29 is 0 Å². The molecule has 202 valence electrons. The van der Waals surface area contributed by atoms with Crippen molar-refractivity contribution >= 4 is 34.0 Å². The summed E-state index contributed by atoms with van der Waals surface area (Å²) in [6.07, 6.45) is 0. The molecule has 0 aromatic carbocycles. The molecule has 0 saturated heterocycles. The monoisotopic (exact) mass is 537 g/mol. The third-order valence-electron chi connectivity index (χ3n) is 5.29. The number of nitrogens with zero attached hydrogens (tertiary/aromatic N) is 1. The summed E-state index contributed by atoms with van der Waals surface area (Å²) in [5.41, 5.74) is 2.72. The van der Waals surface area contributed by atoms with E-state index in [0.717, 1.165) is 0 Å². The molecule has 4 heteroatoms. The second kappa shape index (κ2) is 17.5. The minimum absolute atomic E-state index is 0. The maximum Gasteiger partial charge on any atom is 0.0953 e. The lowest BCUT2D eigenvalue weighted by Gasteiger charge is -2.00. The van der Waals surface area contributed by atoms with E-state index in [1.165, 1.54) is 30.9 Å². The normalized spacial score (nSPS) is 10.8. The van der Waals surface area contributed by atoms with Gasteiger partial charge in [-0.1, -0.05) is 97.9 Å². The van der Waals surface area contributed by atoms with Gasteiger partial charge in [-0.05, 0) is 58.7 Å². The summed E-state index contributed by atoms with van der Waals surface area (Å²) in [5, 5.41) is 5.70. The molecule has 0 saturated carbocycles. The van der Waals surface area contributed by atoms with Crippen molar-refractivity contribution in [2.45, 2.75) is 133 Å². The number of hydrogen-bond donors (Lipinski definition) is 0. The molecule has 0 amide bonds. The van der Waals surface area contributed by atoms with Crippen molar-refractivity contribution in [1.82, 2.24) is 4.98 Å². The Balaban J connectivity index is 0. The van der Waals surface area contributed by atoms with E-state index in [9.17, 15) is 0 Å². The molecule has 3 aromatic rings. The predicted molar refractivity (Wildman–Crippen MR) is 169 cm³/mol. The van der Waals surface area contributed by atoms with Crippen molar-refractivity contribution in [2.24, 2.45) is 0 Å². The van der Waals surface area contributed by atoms with Crippen LogP contribution in [0.1, 0.15) is 164 Å². The Morgan fingerprint density at radius 1 is 0.543 bits per heavy atom. The molecule has 0 unspecified atom stereocenters. The fraction of sp³-hybridized carbons (Fsp3) is 0.645. The minimum Gasteiger partial charge on any atom is -0.246 e. The van der Waals surface area contributed by atoms with Crippen LogP contribution in [0.2, 0.25) is 0 Å². The van der Waals surface area contributed by atoms with Gasteiger partial charge in [0, 0.05) is 25.9 Å². The number of thiazole rings is 1. The van der Waals surface area contributed by atoms with Crippen LogP contribution in [0.25, 0.3) is 0 Å². The molecule has 0 fully saturated rings. The molecule has 3 rings (SSSR count). The summed E-state index contributed by atoms with van der Waals surface area (Å²) in [5.74, 6) is 3.89. The number of rotatable bonds is 6. The van der Waals surface area contributed by atoms with Gasteiger partial charge in [0.1, 0.15) is 0 Å². The van der Waals surface area contributed by atoms with E-state index in [-0.39, 0.29) is 14.9 Å². The van der Waals surface area contributed by atoms with Crippen LogP contribution in [0, 0.1) is 0 Å². The van der Waals surface area contributed by atoms with Crippen LogP contribution in [-0.2, 0) is 0 Å². The predicted octanol–water partition coefficient (Wildman–Crippen LogP) is 12.7. The van der Waals surface area contributed by atoms with E-state index in [4.69, 9.17) is 0 Å². The molecular weight excluding hydrogens is 483 g/mol. The van der Waals surface area contributed by atoms with Crippen molar-refractivity contribution in [1.29, 1.82) is 0 Å². The molecule has 0 radical (unpaired) electrons. The van der Waals surface area contributed by atoms with Gasteiger partial charge in [-0.15, -0.1) is 34.0 Å². The van der Waals surface area contributed by atoms with Crippen LogP contribution in [0.3, 0.4) is 0 Å². The van der Waals surface area contributed by atoms with E-state index in [1.54, 1.807) is 11.3 Å². The van der Waals surface area contributed by atoms with E-state index in [0.29, 0.717) is 35.5 Å². The van der Waals surface area contributed by atoms with Gasteiger partial charge < -0.3 is 0 Å². The number of aromatic nitrogens is 1. The molecule has 1 nitrogen and oxygen atoms in total. The van der Waals surface area contributed by atoms with Gasteiger partial charge in [-0.25, -0.2) is 4.98 Å². The zero-order valence-corrected chi connectivity index (χ0v) is 25.5. The fourth-order valence-electron chi connectivity index (χ4n) is 2.79. The first kappa shape index (κ1) is 36.2. The summed E-state index contributed by atoms with van der Waals surface area (Å²) >= 11 is 5.61. The van der Waals surface area contributed by atoms with Gasteiger partial charge in [0.2, 0.25) is 0 Å². The molecular formula is C31H55NS3. The minimum atomic E-state index is 0. The topological polar surface area (TPSA) is 12.9 Å². The van der Waals surface area contributed by atoms with Crippen molar-refractivity contribution in [3.8, 4) is 0 Å². The molecule has 3 aromatic heterocycles. The van der Waals surface area contributed by atoms with E-state index >= 15 is 0 Å². The van der Waals surface area contributed by atoms with Crippen LogP contribution in [-0.4, -0.2) is 4.98 Å². The maximum absolute atomic E-state index is 4.53. The smallest absolute Gasteiger partial charge is 0.0953 e. The third kappa shape index (κ3) is 12.7. The lowest BCUT2D eigenvalue weighted by molar-refractivity contribution is 0.793. The van der Waals surface area contributed by atoms with E-state index in [2.05, 4.69) is 117 Å². The lowest BCUT2D eigenvalue weighted by Crippen LogP contribution is -1.90. The maximum atomic E-state index is 4.53. The van der Waals surface area contributed by atoms with Gasteiger partial charge in [0.15, 0.2) is 0 Å². The third-order valence-corrected chi connectivity index (χ3v) is 9.39. The zero-order chi connectivity index (χ0) is 25.3. The molecule has 35 heavy (non-hydrogen) atoms. The molecule has 0 atom stereocenters. The van der Waals surface area contributed by atoms with E-state index in [1.807, 2.05) is 22.7 Å². The molecule has 0 aliphatic heterocycles. The number of thiophene rings is 2. The average molecular weight is 538 g/mol. The highest BCUT2D eigenvalue weighted by Gasteiger charge is 2.08. The van der Waals surface area contributed by atoms with Crippen LogP contribution < -0.4 is 0 Å². The molecule has 0 aliphatic rings. The van der Waals surface area contributed by atoms with Crippen LogP contribution in [0.5, 0.6) is 0 Å². The van der Waals surface area contributed by atoms with Crippen molar-refractivity contribution in [3.63, 3.8) is 0 Å². The summed E-state index contributed by atoms with van der Waals surface area (Å²) in [7, 11) is 0. The Kier molecular flexibility index (Phi) is 18.1. The molecule has 3 heterocycles. The average Bonchev–Trinajstić information content (AvgIpc) is 3.49. The molecule has 0 bridgehead atoms. The molecule has 0 N–H and O–H groups in total. The Morgan fingerprint density at radius 3 is 1.26 bits per heavy atom. The Morgan fingerprint density at radius 2 is 1.03 bits per heavy atom. The quantitative estimate of drug-likeness (QED) is 0.304. The first-order valence-electron chi connectivity index (χ1n) is 12.5. The molecule has 0 aliphatic carbocycles. The second-order valence-electron chi connectivity index (χ2n) is 10.6. The highest BCUT2D eigenvalue weighted by atomic mass is 32.1. The Bertz CT molecular complexity index is 720. The van der Waals surface area contributed by atoms with Crippen molar-refractivity contribution in [3.05, 3.63) is 59.9 Å². The summed E-state index contributed by atoms with van der Waals surface area (Å²) in [6, 6.07) is 6.84. The molecule has 0 spiro atoms. The first-order chi connectivity index (χ1) is 15.3. The first-order valence-corrected chi connectivity index (χ1v) is 15.0. The second-order valence-corrected chi connectivity index (χ2v) is 13.5. The van der Waals surface area contributed by atoms with Gasteiger partial charge >= 0.3 is 0 Å². The van der Waals surface area contributed by atoms with E-state index < -0.39 is 0 Å². The highest BCUT2D eigenvalue weighted by molar-refractivity contribution is 7.12. The van der Waals surface area contributed by atoms with Gasteiger partial charge in [-0.3, -0.25) is 0 Å². The SMILES string of the molecule is C.C.CC(C)c1ccc(C(C)C)s1.CC(C)c1csc(C(C)C)c1.CC(C)c1csc(C(C)C)n1. The largest absolute Gasteiger partial charge is 0.246 e. The van der Waals surface area contributed by atoms with Gasteiger partial charge in [0.25, 0.3) is 0 Å². The van der Waals surface area contributed by atoms with Crippen LogP contribution in [0.15, 0.2) is 29.0 Å². The zero-order valence-electron chi connectivity index (χ0n) is 23.0. The number of hydrogen-bond acceptors (Lipinski definition) is 4. The van der Waals surface area contributed by atoms with Crippen molar-refractivity contribution in [2.75, 3.05) is 0 Å². The summed E-state index contributed by atoms with van der Waals surface area (Å²) in [6.45, 7) is 26.7. The fourth-order valence-corrected chi connectivity index (χ4v) is 5.89. The lowest BCUT2D eigenvalue weighted by atomic mass is 10.1. The standard InChI is InChI=1S/2C10H16S.C9H15NS.2CH4/c1-7(2)9-5-10(8(3)4)11-6-9;1-7(2)9-5-6-10(11-9)8(3)4;1-6(2)8-5-11-9(10-8)7(3)4;;/h2*5-8H,1-4H3;5-7H,1-4H3;2*1H4. The summed E-state index contributed by atoms with van der Waals surface area (Å²) < 4.78 is 0. The van der Waals surface area contributed by atoms with Gasteiger partial charge in [0.05, 0.1) is 10.7 Å². The summed E-state index contributed by atoms with van der Waals surface area (Å²) in [4.78, 5) is 9.05. The highest BCUT2D eigenvalue weighted by Crippen LogP contribution is 2.29. The van der Waals surface area contributed by atoms with Crippen LogP contribution in [0.4, 0.5) is 0 Å².